The van der Waals surface area contributed by atoms with Gasteiger partial charge in [-0.15, -0.1) is 0 Å². The van der Waals surface area contributed by atoms with Crippen molar-refractivity contribution in [3.05, 3.63) is 74.6 Å². The summed E-state index contributed by atoms with van der Waals surface area (Å²) in [6, 6.07) is 11.7. The Morgan fingerprint density at radius 3 is 2.76 bits per heavy atom. The number of hydrogen-bond donors (Lipinski definition) is 1. The van der Waals surface area contributed by atoms with Gasteiger partial charge in [0.15, 0.2) is 0 Å². The van der Waals surface area contributed by atoms with Crippen LogP contribution >= 0.6 is 11.6 Å². The van der Waals surface area contributed by atoms with E-state index in [9.17, 15) is 9.59 Å². The monoisotopic (exact) mass is 357 g/mol. The van der Waals surface area contributed by atoms with Crippen LogP contribution in [0.15, 0.2) is 51.7 Å². The minimum Gasteiger partial charge on any atom is -0.496 e. The number of benzene rings is 2. The standard InChI is InChI=1S/C19H16ClNO4/c1-11-7-17-14(9-15(11)20)12(8-18(22)25-17)10-21-19(23)13-5-3-4-6-16(13)24-2/h3-9H,10H2,1-2H3,(H,21,23). The summed E-state index contributed by atoms with van der Waals surface area (Å²) in [7, 11) is 1.51. The van der Waals surface area contributed by atoms with Gasteiger partial charge in [-0.3, -0.25) is 4.79 Å². The van der Waals surface area contributed by atoms with E-state index in [0.29, 0.717) is 32.9 Å². The van der Waals surface area contributed by atoms with Crippen LogP contribution < -0.4 is 15.7 Å². The molecule has 0 aliphatic rings. The summed E-state index contributed by atoms with van der Waals surface area (Å²) >= 11 is 6.17. The lowest BCUT2D eigenvalue weighted by atomic mass is 10.1. The average Bonchev–Trinajstić information content (AvgIpc) is 2.60. The van der Waals surface area contributed by atoms with Crippen molar-refractivity contribution in [3.63, 3.8) is 0 Å². The Labute approximate surface area is 149 Å². The first-order valence-electron chi connectivity index (χ1n) is 7.63. The number of fused-ring (bicyclic) bond motifs is 1. The van der Waals surface area contributed by atoms with Gasteiger partial charge in [-0.2, -0.15) is 0 Å². The molecule has 0 spiro atoms. The second-order valence-electron chi connectivity index (χ2n) is 5.57. The Bertz CT molecular complexity index is 1010. The second kappa shape index (κ2) is 6.99. The topological polar surface area (TPSA) is 68.5 Å². The van der Waals surface area contributed by atoms with Crippen molar-refractivity contribution in [1.29, 1.82) is 0 Å². The van der Waals surface area contributed by atoms with E-state index < -0.39 is 5.63 Å². The van der Waals surface area contributed by atoms with Crippen LogP contribution in [0.5, 0.6) is 5.75 Å². The Hall–Kier alpha value is -2.79. The molecule has 128 valence electrons. The van der Waals surface area contributed by atoms with Crippen molar-refractivity contribution < 1.29 is 13.9 Å². The third-order valence-electron chi connectivity index (χ3n) is 3.90. The lowest BCUT2D eigenvalue weighted by Crippen LogP contribution is -2.24. The highest BCUT2D eigenvalue weighted by Crippen LogP contribution is 2.25. The molecule has 0 atom stereocenters. The molecule has 0 aliphatic carbocycles. The Morgan fingerprint density at radius 2 is 2.00 bits per heavy atom. The van der Waals surface area contributed by atoms with Gasteiger partial charge in [-0.05, 0) is 42.3 Å². The lowest BCUT2D eigenvalue weighted by Gasteiger charge is -2.11. The summed E-state index contributed by atoms with van der Waals surface area (Å²) in [6.07, 6.45) is 0. The molecule has 3 rings (SSSR count). The van der Waals surface area contributed by atoms with Crippen molar-refractivity contribution in [2.75, 3.05) is 7.11 Å². The number of carbonyl (C=O) groups excluding carboxylic acids is 1. The molecule has 1 heterocycles. The predicted molar refractivity (Wildman–Crippen MR) is 96.4 cm³/mol. The van der Waals surface area contributed by atoms with Crippen LogP contribution in [-0.2, 0) is 6.54 Å². The van der Waals surface area contributed by atoms with Gasteiger partial charge in [-0.1, -0.05) is 23.7 Å². The maximum absolute atomic E-state index is 12.4. The SMILES string of the molecule is COc1ccccc1C(=O)NCc1cc(=O)oc2cc(C)c(Cl)cc12. The van der Waals surface area contributed by atoms with Crippen LogP contribution in [0.25, 0.3) is 11.0 Å². The molecule has 0 bridgehead atoms. The number of hydrogen-bond acceptors (Lipinski definition) is 4. The zero-order valence-corrected chi connectivity index (χ0v) is 14.5. The molecular weight excluding hydrogens is 342 g/mol. The third-order valence-corrected chi connectivity index (χ3v) is 4.31. The second-order valence-corrected chi connectivity index (χ2v) is 5.98. The first-order chi connectivity index (χ1) is 12.0. The van der Waals surface area contributed by atoms with Crippen LogP contribution in [0.1, 0.15) is 21.5 Å². The largest absolute Gasteiger partial charge is 0.496 e. The number of nitrogens with one attached hydrogen (secondary N) is 1. The fraction of sp³-hybridized carbons (Fsp3) is 0.158. The molecule has 1 amide bonds. The van der Waals surface area contributed by atoms with Crippen LogP contribution in [0.4, 0.5) is 0 Å². The van der Waals surface area contributed by atoms with Gasteiger partial charge >= 0.3 is 5.63 Å². The summed E-state index contributed by atoms with van der Waals surface area (Å²) in [5.74, 6) is 0.188. The van der Waals surface area contributed by atoms with Gasteiger partial charge in [0.05, 0.1) is 12.7 Å². The molecule has 6 heteroatoms. The van der Waals surface area contributed by atoms with Crippen molar-refractivity contribution in [3.8, 4) is 5.75 Å². The van der Waals surface area contributed by atoms with E-state index in [-0.39, 0.29) is 12.5 Å². The molecule has 0 radical (unpaired) electrons. The fourth-order valence-corrected chi connectivity index (χ4v) is 2.76. The van der Waals surface area contributed by atoms with Crippen LogP contribution in [-0.4, -0.2) is 13.0 Å². The summed E-state index contributed by atoms with van der Waals surface area (Å²) < 4.78 is 10.4. The number of carbonyl (C=O) groups is 1. The fourth-order valence-electron chi connectivity index (χ4n) is 2.60. The number of amides is 1. The first kappa shape index (κ1) is 17.0. The molecule has 0 unspecified atom stereocenters. The Morgan fingerprint density at radius 1 is 1.24 bits per heavy atom. The first-order valence-corrected chi connectivity index (χ1v) is 8.01. The smallest absolute Gasteiger partial charge is 0.336 e. The number of rotatable bonds is 4. The number of aryl methyl sites for hydroxylation is 1. The van der Waals surface area contributed by atoms with Crippen LogP contribution in [0.3, 0.4) is 0 Å². The molecule has 25 heavy (non-hydrogen) atoms. The molecule has 0 fully saturated rings. The number of methoxy groups -OCH3 is 1. The molecule has 3 aromatic rings. The minimum absolute atomic E-state index is 0.165. The van der Waals surface area contributed by atoms with Crippen molar-refractivity contribution in [2.24, 2.45) is 0 Å². The molecular formula is C19H16ClNO4. The van der Waals surface area contributed by atoms with Gasteiger partial charge in [0, 0.05) is 23.0 Å². The van der Waals surface area contributed by atoms with Gasteiger partial charge in [0.2, 0.25) is 0 Å². The summed E-state index contributed by atoms with van der Waals surface area (Å²) in [6.45, 7) is 2.00. The van der Waals surface area contributed by atoms with E-state index in [0.717, 1.165) is 5.56 Å². The normalized spacial score (nSPS) is 10.7. The van der Waals surface area contributed by atoms with Crippen molar-refractivity contribution in [1.82, 2.24) is 5.32 Å². The van der Waals surface area contributed by atoms with E-state index in [1.807, 2.05) is 6.92 Å². The Kier molecular flexibility index (Phi) is 4.76. The zero-order chi connectivity index (χ0) is 18.0. The molecule has 0 saturated carbocycles. The maximum Gasteiger partial charge on any atom is 0.336 e. The van der Waals surface area contributed by atoms with Gasteiger partial charge < -0.3 is 14.5 Å². The maximum atomic E-state index is 12.4. The highest BCUT2D eigenvalue weighted by atomic mass is 35.5. The summed E-state index contributed by atoms with van der Waals surface area (Å²) in [4.78, 5) is 24.2. The highest BCUT2D eigenvalue weighted by molar-refractivity contribution is 6.32. The van der Waals surface area contributed by atoms with E-state index >= 15 is 0 Å². The molecule has 0 saturated heterocycles. The molecule has 2 aromatic carbocycles. The highest BCUT2D eigenvalue weighted by Gasteiger charge is 2.13. The van der Waals surface area contributed by atoms with E-state index in [1.54, 1.807) is 36.4 Å². The zero-order valence-electron chi connectivity index (χ0n) is 13.8. The van der Waals surface area contributed by atoms with Crippen LogP contribution in [0.2, 0.25) is 5.02 Å². The number of para-hydroxylation sites is 1. The molecule has 1 N–H and O–H groups in total. The van der Waals surface area contributed by atoms with E-state index in [1.165, 1.54) is 13.2 Å². The van der Waals surface area contributed by atoms with E-state index in [2.05, 4.69) is 5.32 Å². The van der Waals surface area contributed by atoms with Gasteiger partial charge in [-0.25, -0.2) is 4.79 Å². The van der Waals surface area contributed by atoms with Crippen LogP contribution in [0, 0.1) is 6.92 Å². The van der Waals surface area contributed by atoms with E-state index in [4.69, 9.17) is 20.8 Å². The third kappa shape index (κ3) is 3.51. The Balaban J connectivity index is 1.92. The molecule has 0 aliphatic heterocycles. The average molecular weight is 358 g/mol. The quantitative estimate of drug-likeness (QED) is 0.723. The van der Waals surface area contributed by atoms with Gasteiger partial charge in [0.1, 0.15) is 11.3 Å². The number of ether oxygens (including phenoxy) is 1. The lowest BCUT2D eigenvalue weighted by molar-refractivity contribution is 0.0948. The van der Waals surface area contributed by atoms with Crippen molar-refractivity contribution in [2.45, 2.75) is 13.5 Å². The van der Waals surface area contributed by atoms with Gasteiger partial charge in [0.25, 0.3) is 5.91 Å². The number of halogens is 1. The summed E-state index contributed by atoms with van der Waals surface area (Å²) in [5, 5.41) is 4.06. The summed E-state index contributed by atoms with van der Waals surface area (Å²) in [5.41, 5.74) is 1.83. The minimum atomic E-state index is -0.476. The molecule has 1 aromatic heterocycles. The van der Waals surface area contributed by atoms with Crippen molar-refractivity contribution >= 4 is 28.5 Å². The molecule has 5 nitrogen and oxygen atoms in total. The predicted octanol–water partition coefficient (Wildman–Crippen LogP) is 3.69.